The van der Waals surface area contributed by atoms with E-state index < -0.39 is 0 Å². The van der Waals surface area contributed by atoms with E-state index in [0.717, 1.165) is 11.3 Å². The molecule has 0 aliphatic carbocycles. The molecule has 0 radical (unpaired) electrons. The van der Waals surface area contributed by atoms with Crippen LogP contribution in [0.1, 0.15) is 25.8 Å². The quantitative estimate of drug-likeness (QED) is 0.400. The number of nitrogens with one attached hydrogen (secondary N) is 1. The number of carbonyl (C=O) groups is 1. The van der Waals surface area contributed by atoms with E-state index in [1.54, 1.807) is 29.8 Å². The minimum Gasteiger partial charge on any atom is -0.497 e. The molecule has 154 valence electrons. The SMILES string of the molecule is COc1cccc(CNC(=O)c2coc(N(Cc3cccs3)Cc3cccs3)n2)c1. The van der Waals surface area contributed by atoms with Crippen molar-refractivity contribution < 1.29 is 13.9 Å². The van der Waals surface area contributed by atoms with Crippen molar-refractivity contribution in [2.45, 2.75) is 19.6 Å². The Kier molecular flexibility index (Phi) is 6.46. The smallest absolute Gasteiger partial charge is 0.298 e. The van der Waals surface area contributed by atoms with E-state index in [2.05, 4.69) is 22.4 Å². The van der Waals surface area contributed by atoms with Crippen LogP contribution in [-0.2, 0) is 19.6 Å². The number of aromatic nitrogens is 1. The molecular weight excluding hydrogens is 418 g/mol. The van der Waals surface area contributed by atoms with Gasteiger partial charge in [-0.05, 0) is 40.6 Å². The topological polar surface area (TPSA) is 67.6 Å². The molecule has 8 heteroatoms. The summed E-state index contributed by atoms with van der Waals surface area (Å²) in [4.78, 5) is 21.5. The van der Waals surface area contributed by atoms with Gasteiger partial charge in [-0.25, -0.2) is 0 Å². The first-order valence-electron chi connectivity index (χ1n) is 9.37. The van der Waals surface area contributed by atoms with E-state index in [9.17, 15) is 4.79 Å². The summed E-state index contributed by atoms with van der Waals surface area (Å²) in [6.45, 7) is 1.72. The fourth-order valence-corrected chi connectivity index (χ4v) is 4.38. The molecule has 3 heterocycles. The number of anilines is 1. The number of nitrogens with zero attached hydrogens (tertiary/aromatic N) is 2. The van der Waals surface area contributed by atoms with Crippen molar-refractivity contribution in [3.8, 4) is 5.75 Å². The lowest BCUT2D eigenvalue weighted by molar-refractivity contribution is 0.0946. The van der Waals surface area contributed by atoms with Gasteiger partial charge in [0.05, 0.1) is 20.2 Å². The second-order valence-electron chi connectivity index (χ2n) is 6.56. The molecule has 0 aliphatic rings. The van der Waals surface area contributed by atoms with Crippen molar-refractivity contribution in [1.82, 2.24) is 10.3 Å². The Labute approximate surface area is 182 Å². The van der Waals surface area contributed by atoms with Gasteiger partial charge in [0.2, 0.25) is 0 Å². The van der Waals surface area contributed by atoms with E-state index in [-0.39, 0.29) is 11.6 Å². The van der Waals surface area contributed by atoms with Gasteiger partial charge in [0, 0.05) is 16.3 Å². The van der Waals surface area contributed by atoms with Gasteiger partial charge in [-0.15, -0.1) is 22.7 Å². The summed E-state index contributed by atoms with van der Waals surface area (Å²) in [6.07, 6.45) is 1.41. The Bertz CT molecular complexity index is 1040. The molecule has 3 aromatic heterocycles. The van der Waals surface area contributed by atoms with Crippen LogP contribution < -0.4 is 15.0 Å². The fourth-order valence-electron chi connectivity index (χ4n) is 2.94. The first-order valence-corrected chi connectivity index (χ1v) is 11.1. The summed E-state index contributed by atoms with van der Waals surface area (Å²) in [5.74, 6) is 0.475. The maximum absolute atomic E-state index is 12.6. The zero-order valence-electron chi connectivity index (χ0n) is 16.4. The highest BCUT2D eigenvalue weighted by molar-refractivity contribution is 7.10. The molecule has 4 aromatic rings. The third-order valence-corrected chi connectivity index (χ3v) is 6.16. The van der Waals surface area contributed by atoms with Crippen molar-refractivity contribution in [2.24, 2.45) is 0 Å². The number of amides is 1. The number of rotatable bonds is 9. The third kappa shape index (κ3) is 5.08. The molecular formula is C22H21N3O3S2. The number of hydrogen-bond acceptors (Lipinski definition) is 7. The first-order chi connectivity index (χ1) is 14.7. The predicted octanol–water partition coefficient (Wildman–Crippen LogP) is 4.94. The van der Waals surface area contributed by atoms with E-state index in [4.69, 9.17) is 9.15 Å². The zero-order valence-corrected chi connectivity index (χ0v) is 18.0. The van der Waals surface area contributed by atoms with Gasteiger partial charge in [0.15, 0.2) is 5.69 Å². The number of oxazole rings is 1. The fraction of sp³-hybridized carbons (Fsp3) is 0.182. The summed E-state index contributed by atoms with van der Waals surface area (Å²) in [6, 6.07) is 16.2. The van der Waals surface area contributed by atoms with Gasteiger partial charge in [-0.2, -0.15) is 4.98 Å². The summed E-state index contributed by atoms with van der Waals surface area (Å²) in [5.41, 5.74) is 1.21. The zero-order chi connectivity index (χ0) is 20.8. The molecule has 0 fully saturated rings. The number of methoxy groups -OCH3 is 1. The number of thiophene rings is 2. The van der Waals surface area contributed by atoms with Gasteiger partial charge in [0.25, 0.3) is 11.9 Å². The van der Waals surface area contributed by atoms with Gasteiger partial charge < -0.3 is 19.4 Å². The predicted molar refractivity (Wildman–Crippen MR) is 119 cm³/mol. The molecule has 0 unspecified atom stereocenters. The Hall–Kier alpha value is -3.10. The summed E-state index contributed by atoms with van der Waals surface area (Å²) < 4.78 is 10.9. The van der Waals surface area contributed by atoms with Gasteiger partial charge >= 0.3 is 0 Å². The summed E-state index contributed by atoms with van der Waals surface area (Å²) in [7, 11) is 1.62. The Morgan fingerprint density at radius 1 is 1.10 bits per heavy atom. The summed E-state index contributed by atoms with van der Waals surface area (Å²) >= 11 is 3.37. The highest BCUT2D eigenvalue weighted by Gasteiger charge is 2.18. The molecule has 6 nitrogen and oxygen atoms in total. The highest BCUT2D eigenvalue weighted by Crippen LogP contribution is 2.23. The van der Waals surface area contributed by atoms with Crippen LogP contribution in [0.25, 0.3) is 0 Å². The van der Waals surface area contributed by atoms with E-state index in [0.29, 0.717) is 25.6 Å². The molecule has 30 heavy (non-hydrogen) atoms. The van der Waals surface area contributed by atoms with E-state index in [1.807, 2.05) is 52.1 Å². The second-order valence-corrected chi connectivity index (χ2v) is 8.63. The lowest BCUT2D eigenvalue weighted by Gasteiger charge is -2.19. The van der Waals surface area contributed by atoms with Gasteiger partial charge in [0.1, 0.15) is 12.0 Å². The van der Waals surface area contributed by atoms with Crippen molar-refractivity contribution >= 4 is 34.6 Å². The number of hydrogen-bond donors (Lipinski definition) is 1. The van der Waals surface area contributed by atoms with Crippen LogP contribution in [0.4, 0.5) is 6.01 Å². The average molecular weight is 440 g/mol. The van der Waals surface area contributed by atoms with Crippen LogP contribution in [0, 0.1) is 0 Å². The van der Waals surface area contributed by atoms with Crippen molar-refractivity contribution in [1.29, 1.82) is 0 Å². The molecule has 0 aliphatic heterocycles. The van der Waals surface area contributed by atoms with Crippen LogP contribution in [0.2, 0.25) is 0 Å². The molecule has 1 aromatic carbocycles. The van der Waals surface area contributed by atoms with E-state index >= 15 is 0 Å². The normalized spacial score (nSPS) is 10.7. The van der Waals surface area contributed by atoms with Gasteiger partial charge in [-0.3, -0.25) is 4.79 Å². The van der Waals surface area contributed by atoms with E-state index in [1.165, 1.54) is 16.0 Å². The average Bonchev–Trinajstić information content (AvgIpc) is 3.54. The van der Waals surface area contributed by atoms with Crippen LogP contribution in [-0.4, -0.2) is 18.0 Å². The molecule has 0 saturated heterocycles. The van der Waals surface area contributed by atoms with Gasteiger partial charge in [-0.1, -0.05) is 24.3 Å². The molecule has 1 N–H and O–H groups in total. The third-order valence-electron chi connectivity index (χ3n) is 4.44. The monoisotopic (exact) mass is 439 g/mol. The number of ether oxygens (including phenoxy) is 1. The minimum atomic E-state index is -0.278. The highest BCUT2D eigenvalue weighted by atomic mass is 32.1. The minimum absolute atomic E-state index is 0.259. The van der Waals surface area contributed by atoms with Crippen molar-refractivity contribution in [3.63, 3.8) is 0 Å². The Balaban J connectivity index is 1.44. The molecule has 0 spiro atoms. The first kappa shape index (κ1) is 20.2. The standard InChI is InChI=1S/C22H21N3O3S2/c1-27-17-6-2-5-16(11-17)12-23-21(26)20-15-28-22(24-20)25(13-18-7-3-9-29-18)14-19-8-4-10-30-19/h2-11,15H,12-14H2,1H3,(H,23,26). The van der Waals surface area contributed by atoms with Crippen molar-refractivity contribution in [3.05, 3.63) is 86.6 Å². The lowest BCUT2D eigenvalue weighted by atomic mass is 10.2. The molecule has 1 amide bonds. The molecule has 0 bridgehead atoms. The number of benzene rings is 1. The maximum Gasteiger partial charge on any atom is 0.298 e. The Morgan fingerprint density at radius 2 is 1.83 bits per heavy atom. The van der Waals surface area contributed by atoms with Crippen LogP contribution >= 0.6 is 22.7 Å². The lowest BCUT2D eigenvalue weighted by Crippen LogP contribution is -2.24. The molecule has 0 atom stereocenters. The number of carbonyl (C=O) groups excluding carboxylic acids is 1. The second kappa shape index (κ2) is 9.60. The van der Waals surface area contributed by atoms with Crippen LogP contribution in [0.5, 0.6) is 5.75 Å². The summed E-state index contributed by atoms with van der Waals surface area (Å²) in [5, 5.41) is 6.97. The van der Waals surface area contributed by atoms with Crippen LogP contribution in [0.3, 0.4) is 0 Å². The maximum atomic E-state index is 12.6. The van der Waals surface area contributed by atoms with Crippen molar-refractivity contribution in [2.75, 3.05) is 12.0 Å². The molecule has 0 saturated carbocycles. The van der Waals surface area contributed by atoms with Crippen LogP contribution in [0.15, 0.2) is 70.0 Å². The Morgan fingerprint density at radius 3 is 2.47 bits per heavy atom. The largest absolute Gasteiger partial charge is 0.497 e. The molecule has 4 rings (SSSR count).